The van der Waals surface area contributed by atoms with E-state index in [1.807, 2.05) is 0 Å². The highest BCUT2D eigenvalue weighted by Crippen LogP contribution is 2.42. The zero-order valence-electron chi connectivity index (χ0n) is 16.7. The summed E-state index contributed by atoms with van der Waals surface area (Å²) >= 11 is 5.89. The summed E-state index contributed by atoms with van der Waals surface area (Å²) in [6.07, 6.45) is 11.4. The highest BCUT2D eigenvalue weighted by atomic mass is 32.1. The van der Waals surface area contributed by atoms with Gasteiger partial charge in [0.05, 0.1) is 4.99 Å². The second kappa shape index (κ2) is 8.49. The minimum Gasteiger partial charge on any atom is -0.360 e. The van der Waals surface area contributed by atoms with Gasteiger partial charge in [-0.3, -0.25) is 0 Å². The Balaban J connectivity index is 2.32. The van der Waals surface area contributed by atoms with Crippen molar-refractivity contribution in [2.24, 2.45) is 23.5 Å². The molecule has 1 saturated carbocycles. The molecule has 1 aliphatic heterocycles. The van der Waals surface area contributed by atoms with Crippen LogP contribution in [0.25, 0.3) is 0 Å². The van der Waals surface area contributed by atoms with Crippen molar-refractivity contribution >= 4 is 17.2 Å². The SMILES string of the molecule is CC(C)CC1CC(=S)N(C(C)C)C2CCCCCCC(C)(N)CC12. The Morgan fingerprint density at radius 2 is 1.83 bits per heavy atom. The van der Waals surface area contributed by atoms with Crippen molar-refractivity contribution in [2.75, 3.05) is 0 Å². The number of nitrogens with two attached hydrogens (primary N) is 1. The van der Waals surface area contributed by atoms with Crippen LogP contribution in [0.4, 0.5) is 0 Å². The molecule has 2 aliphatic rings. The van der Waals surface area contributed by atoms with Gasteiger partial charge in [-0.1, -0.05) is 51.7 Å². The fourth-order valence-corrected chi connectivity index (χ4v) is 5.81. The molecule has 0 aromatic carbocycles. The Hall–Kier alpha value is -0.150. The fraction of sp³-hybridized carbons (Fsp3) is 0.952. The molecular weight excluding hydrogens is 312 g/mol. The molecule has 3 heteroatoms. The average Bonchev–Trinajstić information content (AvgIpc) is 2.44. The number of hydrogen-bond donors (Lipinski definition) is 1. The average molecular weight is 353 g/mol. The molecule has 4 unspecified atom stereocenters. The Bertz CT molecular complexity index is 416. The number of likely N-dealkylation sites (tertiary alicyclic amines) is 1. The first-order valence-corrected chi connectivity index (χ1v) is 10.7. The monoisotopic (exact) mass is 352 g/mol. The molecule has 2 fully saturated rings. The number of thiocarbonyl (C=S) groups is 1. The third-order valence-electron chi connectivity index (χ3n) is 6.21. The maximum Gasteiger partial charge on any atom is 0.0787 e. The van der Waals surface area contributed by atoms with Gasteiger partial charge in [0, 0.05) is 24.0 Å². The normalized spacial score (nSPS) is 36.1. The van der Waals surface area contributed by atoms with Gasteiger partial charge in [0.25, 0.3) is 0 Å². The number of hydrogen-bond acceptors (Lipinski definition) is 2. The van der Waals surface area contributed by atoms with E-state index in [9.17, 15) is 0 Å². The van der Waals surface area contributed by atoms with Crippen LogP contribution in [0.15, 0.2) is 0 Å². The van der Waals surface area contributed by atoms with Crippen molar-refractivity contribution in [2.45, 2.75) is 110 Å². The van der Waals surface area contributed by atoms with Gasteiger partial charge in [0.1, 0.15) is 0 Å². The predicted molar refractivity (Wildman–Crippen MR) is 109 cm³/mol. The molecule has 0 amide bonds. The van der Waals surface area contributed by atoms with Crippen molar-refractivity contribution in [3.05, 3.63) is 0 Å². The summed E-state index contributed by atoms with van der Waals surface area (Å²) in [6.45, 7) is 11.6. The quantitative estimate of drug-likeness (QED) is 0.676. The predicted octanol–water partition coefficient (Wildman–Crippen LogP) is 5.54. The van der Waals surface area contributed by atoms with Crippen LogP contribution < -0.4 is 5.73 Å². The number of piperidine rings is 1. The lowest BCUT2D eigenvalue weighted by Gasteiger charge is -2.51. The molecule has 1 saturated heterocycles. The van der Waals surface area contributed by atoms with Crippen LogP contribution in [-0.4, -0.2) is 27.5 Å². The molecule has 4 atom stereocenters. The first-order chi connectivity index (χ1) is 11.2. The van der Waals surface area contributed by atoms with Crippen molar-refractivity contribution in [3.63, 3.8) is 0 Å². The summed E-state index contributed by atoms with van der Waals surface area (Å²) in [6, 6.07) is 1.12. The third kappa shape index (κ3) is 5.17. The van der Waals surface area contributed by atoms with Crippen LogP contribution in [0.1, 0.15) is 92.4 Å². The molecule has 0 bridgehead atoms. The molecule has 2 rings (SSSR count). The Labute approximate surface area is 155 Å². The maximum absolute atomic E-state index is 6.77. The van der Waals surface area contributed by atoms with Crippen LogP contribution in [0, 0.1) is 17.8 Å². The zero-order chi connectivity index (χ0) is 17.9. The van der Waals surface area contributed by atoms with Gasteiger partial charge < -0.3 is 10.6 Å². The molecule has 2 N–H and O–H groups in total. The van der Waals surface area contributed by atoms with Crippen molar-refractivity contribution in [1.82, 2.24) is 4.90 Å². The van der Waals surface area contributed by atoms with Gasteiger partial charge >= 0.3 is 0 Å². The van der Waals surface area contributed by atoms with Crippen LogP contribution in [0.5, 0.6) is 0 Å². The molecule has 140 valence electrons. The van der Waals surface area contributed by atoms with Gasteiger partial charge in [0.2, 0.25) is 0 Å². The molecule has 2 nitrogen and oxygen atoms in total. The first-order valence-electron chi connectivity index (χ1n) is 10.3. The highest BCUT2D eigenvalue weighted by molar-refractivity contribution is 7.80. The summed E-state index contributed by atoms with van der Waals surface area (Å²) in [5.74, 6) is 2.16. The molecule has 0 radical (unpaired) electrons. The third-order valence-corrected chi connectivity index (χ3v) is 6.59. The highest BCUT2D eigenvalue weighted by Gasteiger charge is 2.43. The molecule has 0 spiro atoms. The Morgan fingerprint density at radius 1 is 1.17 bits per heavy atom. The van der Waals surface area contributed by atoms with E-state index in [1.54, 1.807) is 0 Å². The molecule has 24 heavy (non-hydrogen) atoms. The molecule has 1 heterocycles. The topological polar surface area (TPSA) is 29.3 Å². The summed E-state index contributed by atoms with van der Waals surface area (Å²) in [5, 5.41) is 0. The summed E-state index contributed by atoms with van der Waals surface area (Å²) in [5.41, 5.74) is 6.76. The number of fused-ring (bicyclic) bond motifs is 1. The van der Waals surface area contributed by atoms with E-state index in [0.29, 0.717) is 18.0 Å². The Kier molecular flexibility index (Phi) is 7.13. The van der Waals surface area contributed by atoms with Crippen LogP contribution in [-0.2, 0) is 0 Å². The molecular formula is C21H40N2S. The standard InChI is InChI=1S/C21H40N2S/c1-15(2)12-17-13-20(24)23(16(3)4)19-10-8-6-7-9-11-21(5,22)14-18(17)19/h15-19H,6-14,22H2,1-5H3. The van der Waals surface area contributed by atoms with Gasteiger partial charge in [-0.15, -0.1) is 0 Å². The first kappa shape index (κ1) is 20.2. The minimum absolute atomic E-state index is 0.0168. The number of rotatable bonds is 3. The summed E-state index contributed by atoms with van der Waals surface area (Å²) in [4.78, 5) is 3.81. The maximum atomic E-state index is 6.77. The zero-order valence-corrected chi connectivity index (χ0v) is 17.5. The number of nitrogens with zero attached hydrogens (tertiary/aromatic N) is 1. The lowest BCUT2D eigenvalue weighted by Crippen LogP contribution is -2.56. The van der Waals surface area contributed by atoms with E-state index in [-0.39, 0.29) is 5.54 Å². The second-order valence-electron chi connectivity index (χ2n) is 9.53. The lowest BCUT2D eigenvalue weighted by atomic mass is 9.68. The van der Waals surface area contributed by atoms with Crippen LogP contribution in [0.3, 0.4) is 0 Å². The van der Waals surface area contributed by atoms with Gasteiger partial charge in [-0.05, 0) is 64.2 Å². The molecule has 1 aliphatic carbocycles. The van der Waals surface area contributed by atoms with Crippen molar-refractivity contribution in [1.29, 1.82) is 0 Å². The van der Waals surface area contributed by atoms with E-state index in [1.165, 1.54) is 56.4 Å². The van der Waals surface area contributed by atoms with E-state index >= 15 is 0 Å². The molecule has 0 aromatic heterocycles. The fourth-order valence-electron chi connectivity index (χ4n) is 5.25. The molecule has 0 aromatic rings. The Morgan fingerprint density at radius 3 is 2.46 bits per heavy atom. The minimum atomic E-state index is -0.0168. The second-order valence-corrected chi connectivity index (χ2v) is 10.0. The largest absolute Gasteiger partial charge is 0.360 e. The van der Waals surface area contributed by atoms with Gasteiger partial charge in [0.15, 0.2) is 0 Å². The van der Waals surface area contributed by atoms with E-state index in [0.717, 1.165) is 18.3 Å². The smallest absolute Gasteiger partial charge is 0.0787 e. The van der Waals surface area contributed by atoms with E-state index in [4.69, 9.17) is 18.0 Å². The summed E-state index contributed by atoms with van der Waals surface area (Å²) in [7, 11) is 0. The van der Waals surface area contributed by atoms with E-state index in [2.05, 4.69) is 39.5 Å². The van der Waals surface area contributed by atoms with Crippen molar-refractivity contribution < 1.29 is 0 Å². The van der Waals surface area contributed by atoms with E-state index < -0.39 is 0 Å². The van der Waals surface area contributed by atoms with Gasteiger partial charge in [-0.2, -0.15) is 0 Å². The van der Waals surface area contributed by atoms with Crippen LogP contribution >= 0.6 is 12.2 Å². The van der Waals surface area contributed by atoms with Gasteiger partial charge in [-0.25, -0.2) is 0 Å². The summed E-state index contributed by atoms with van der Waals surface area (Å²) < 4.78 is 0. The van der Waals surface area contributed by atoms with Crippen LogP contribution in [0.2, 0.25) is 0 Å². The van der Waals surface area contributed by atoms with Crippen molar-refractivity contribution in [3.8, 4) is 0 Å². The lowest BCUT2D eigenvalue weighted by molar-refractivity contribution is 0.0696.